The Balaban J connectivity index is 1.72. The van der Waals surface area contributed by atoms with Gasteiger partial charge in [0.1, 0.15) is 24.6 Å². The van der Waals surface area contributed by atoms with Gasteiger partial charge < -0.3 is 28.0 Å². The maximum absolute atomic E-state index is 11.4. The molecule has 3 aromatic rings. The van der Waals surface area contributed by atoms with E-state index in [2.05, 4.69) is 0 Å². The molecule has 0 atom stereocenters. The second-order valence-electron chi connectivity index (χ2n) is 6.70. The van der Waals surface area contributed by atoms with Crippen molar-refractivity contribution in [1.29, 1.82) is 0 Å². The average molecular weight is 450 g/mol. The molecule has 1 aliphatic rings. The average Bonchev–Trinajstić information content (AvgIpc) is 3.36. The summed E-state index contributed by atoms with van der Waals surface area (Å²) in [5.41, 5.74) is 1.25. The van der Waals surface area contributed by atoms with Crippen molar-refractivity contribution >= 4 is 39.1 Å². The summed E-state index contributed by atoms with van der Waals surface area (Å²) in [5, 5.41) is 9.35. The summed E-state index contributed by atoms with van der Waals surface area (Å²) in [5.74, 6) is -0.228. The number of aryl methyl sites for hydroxylation is 1. The molecule has 4 rings (SSSR count). The summed E-state index contributed by atoms with van der Waals surface area (Å²) in [6.45, 7) is -0.252. The van der Waals surface area contributed by atoms with Crippen LogP contribution in [-0.2, 0) is 21.5 Å². The molecule has 3 heterocycles. The number of carbonyl (C=O) groups is 1. The highest BCUT2D eigenvalue weighted by molar-refractivity contribution is 7.85. The van der Waals surface area contributed by atoms with Crippen molar-refractivity contribution in [1.82, 2.24) is 0 Å². The number of carboxylic acid groups (broad SMARTS) is 1. The third-order valence-electron chi connectivity index (χ3n) is 4.59. The van der Waals surface area contributed by atoms with Crippen molar-refractivity contribution in [3.63, 3.8) is 0 Å². The molecule has 0 spiro atoms. The quantitative estimate of drug-likeness (QED) is 0.396. The van der Waals surface area contributed by atoms with Gasteiger partial charge in [0.2, 0.25) is 11.5 Å². The van der Waals surface area contributed by atoms with Crippen LogP contribution in [0.25, 0.3) is 17.4 Å². The Bertz CT molecular complexity index is 1270. The number of hydrogen-bond acceptors (Lipinski definition) is 9. The van der Waals surface area contributed by atoms with Crippen LogP contribution in [0.3, 0.4) is 0 Å². The van der Waals surface area contributed by atoms with Crippen molar-refractivity contribution in [3.05, 3.63) is 42.3 Å². The van der Waals surface area contributed by atoms with E-state index in [0.29, 0.717) is 28.5 Å². The van der Waals surface area contributed by atoms with Gasteiger partial charge in [-0.25, -0.2) is 8.42 Å². The summed E-state index contributed by atoms with van der Waals surface area (Å²) in [6, 6.07) is 6.58. The lowest BCUT2D eigenvalue weighted by atomic mass is 10.2. The number of benzene rings is 1. The Hall–Kier alpha value is -3.51. The van der Waals surface area contributed by atoms with Gasteiger partial charge in [-0.1, -0.05) is 0 Å². The number of carboxylic acids is 1. The van der Waals surface area contributed by atoms with E-state index >= 15 is 0 Å². The summed E-state index contributed by atoms with van der Waals surface area (Å²) in [6.07, 6.45) is 2.94. The number of methoxy groups -OCH3 is 1. The highest BCUT2D eigenvalue weighted by Crippen LogP contribution is 2.41. The van der Waals surface area contributed by atoms with E-state index in [-0.39, 0.29) is 31.3 Å². The molecule has 11 nitrogen and oxygen atoms in total. The molecule has 1 aromatic carbocycles. The van der Waals surface area contributed by atoms with Gasteiger partial charge in [-0.05, 0) is 12.1 Å². The molecule has 0 aliphatic carbocycles. The molecule has 1 N–H and O–H groups in total. The highest BCUT2D eigenvalue weighted by Gasteiger charge is 2.32. The molecule has 2 aromatic heterocycles. The molecule has 12 heteroatoms. The SMILES string of the molecule is COc1ccc2c(c1)N(CC(=O)O)C(=Cc1oc3ccoc3[n+]1CCCS(=O)(=O)[O-])O2. The summed E-state index contributed by atoms with van der Waals surface area (Å²) in [4.78, 5) is 12.9. The van der Waals surface area contributed by atoms with E-state index in [4.69, 9.17) is 18.3 Å². The van der Waals surface area contributed by atoms with Crippen molar-refractivity contribution in [2.75, 3.05) is 24.3 Å². The largest absolute Gasteiger partial charge is 0.748 e. The lowest BCUT2D eigenvalue weighted by Gasteiger charge is -2.15. The van der Waals surface area contributed by atoms with Gasteiger partial charge in [0, 0.05) is 24.3 Å². The van der Waals surface area contributed by atoms with E-state index < -0.39 is 21.8 Å². The van der Waals surface area contributed by atoms with E-state index in [1.165, 1.54) is 24.3 Å². The first-order valence-corrected chi connectivity index (χ1v) is 10.7. The van der Waals surface area contributed by atoms with Gasteiger partial charge in [-0.2, -0.15) is 0 Å². The first-order chi connectivity index (χ1) is 14.7. The first kappa shape index (κ1) is 20.8. The number of fused-ring (bicyclic) bond motifs is 2. The minimum Gasteiger partial charge on any atom is -0.748 e. The number of nitrogens with zero attached hydrogens (tertiary/aromatic N) is 2. The standard InChI is InChI=1S/C19H18N2O9S/c1-27-12-3-4-14-13(9-12)21(11-18(22)23)17(29-14)10-16-20(6-2-8-31(24,25)26)19-15(30-16)5-7-28-19/h3-5,7,9-10H,2,6,8,11H2,1H3,(H-,22,23,24,25,26). The smallest absolute Gasteiger partial charge is 0.420 e. The molecule has 1 aliphatic heterocycles. The van der Waals surface area contributed by atoms with E-state index in [1.54, 1.807) is 28.8 Å². The molecular weight excluding hydrogens is 432 g/mol. The normalized spacial score (nSPS) is 14.8. The van der Waals surface area contributed by atoms with Gasteiger partial charge in [-0.3, -0.25) is 9.69 Å². The van der Waals surface area contributed by atoms with Gasteiger partial charge in [0.25, 0.3) is 0 Å². The molecule has 0 saturated heterocycles. The predicted molar refractivity (Wildman–Crippen MR) is 104 cm³/mol. The van der Waals surface area contributed by atoms with E-state index in [9.17, 15) is 22.9 Å². The van der Waals surface area contributed by atoms with Crippen molar-refractivity contribution in [3.8, 4) is 11.5 Å². The molecule has 164 valence electrons. The van der Waals surface area contributed by atoms with Crippen LogP contribution in [0.1, 0.15) is 12.3 Å². The fourth-order valence-corrected chi connectivity index (χ4v) is 3.75. The lowest BCUT2D eigenvalue weighted by molar-refractivity contribution is -0.683. The predicted octanol–water partition coefficient (Wildman–Crippen LogP) is 1.54. The van der Waals surface area contributed by atoms with Gasteiger partial charge in [0.15, 0.2) is 12.3 Å². The number of aliphatic carboxylic acids is 1. The van der Waals surface area contributed by atoms with Crippen molar-refractivity contribution < 1.29 is 45.7 Å². The van der Waals surface area contributed by atoms with Crippen LogP contribution in [-0.4, -0.2) is 43.5 Å². The molecule has 0 saturated carbocycles. The zero-order valence-electron chi connectivity index (χ0n) is 16.3. The zero-order chi connectivity index (χ0) is 22.2. The Morgan fingerprint density at radius 2 is 2.16 bits per heavy atom. The van der Waals surface area contributed by atoms with Gasteiger partial charge >= 0.3 is 17.6 Å². The molecule has 0 bridgehead atoms. The van der Waals surface area contributed by atoms with Crippen LogP contribution in [0, 0.1) is 0 Å². The minimum absolute atomic E-state index is 0.0408. The Morgan fingerprint density at radius 1 is 1.35 bits per heavy atom. The molecule has 0 amide bonds. The molecule has 0 radical (unpaired) electrons. The number of aromatic nitrogens is 1. The number of ether oxygens (including phenoxy) is 2. The summed E-state index contributed by atoms with van der Waals surface area (Å²) >= 11 is 0. The van der Waals surface area contributed by atoms with Gasteiger partial charge in [-0.15, -0.1) is 4.57 Å². The molecule has 31 heavy (non-hydrogen) atoms. The van der Waals surface area contributed by atoms with Crippen molar-refractivity contribution in [2.24, 2.45) is 0 Å². The van der Waals surface area contributed by atoms with Crippen LogP contribution in [0.15, 0.2) is 45.2 Å². The van der Waals surface area contributed by atoms with E-state index in [0.717, 1.165) is 0 Å². The topological polar surface area (TPSA) is 146 Å². The molecule has 0 unspecified atom stereocenters. The first-order valence-electron chi connectivity index (χ1n) is 9.15. The van der Waals surface area contributed by atoms with Gasteiger partial charge in [0.05, 0.1) is 22.9 Å². The lowest BCUT2D eigenvalue weighted by Crippen LogP contribution is -2.36. The number of hydrogen-bond donors (Lipinski definition) is 1. The fraction of sp³-hybridized carbons (Fsp3) is 0.263. The second-order valence-corrected chi connectivity index (χ2v) is 8.22. The van der Waals surface area contributed by atoms with Crippen LogP contribution in [0.4, 0.5) is 5.69 Å². The minimum atomic E-state index is -4.37. The third kappa shape index (κ3) is 4.34. The number of furan rings is 1. The van der Waals surface area contributed by atoms with Crippen LogP contribution < -0.4 is 18.9 Å². The van der Waals surface area contributed by atoms with Crippen molar-refractivity contribution in [2.45, 2.75) is 13.0 Å². The van der Waals surface area contributed by atoms with Crippen LogP contribution in [0.2, 0.25) is 0 Å². The van der Waals surface area contributed by atoms with E-state index in [1.807, 2.05) is 0 Å². The number of oxazole rings is 1. The number of rotatable bonds is 8. The van der Waals surface area contributed by atoms with Crippen LogP contribution >= 0.6 is 0 Å². The molecule has 0 fully saturated rings. The number of anilines is 1. The maximum Gasteiger partial charge on any atom is 0.420 e. The van der Waals surface area contributed by atoms with Crippen LogP contribution in [0.5, 0.6) is 11.5 Å². The Kier molecular flexibility index (Phi) is 5.33. The third-order valence-corrected chi connectivity index (χ3v) is 5.38. The summed E-state index contributed by atoms with van der Waals surface area (Å²) in [7, 11) is -2.87. The molecular formula is C19H18N2O9S. The monoisotopic (exact) mass is 450 g/mol. The maximum atomic E-state index is 11.4. The zero-order valence-corrected chi connectivity index (χ0v) is 17.1. The fourth-order valence-electron chi connectivity index (χ4n) is 3.27. The second kappa shape index (κ2) is 7.96. The highest BCUT2D eigenvalue weighted by atomic mass is 32.2. The Labute approximate surface area is 176 Å². The summed E-state index contributed by atoms with van der Waals surface area (Å²) < 4.78 is 56.6. The Morgan fingerprint density at radius 3 is 2.87 bits per heavy atom.